The van der Waals surface area contributed by atoms with E-state index in [1.807, 2.05) is 6.92 Å². The van der Waals surface area contributed by atoms with Crippen molar-refractivity contribution in [2.75, 3.05) is 7.11 Å². The second-order valence-electron chi connectivity index (χ2n) is 2.98. The molecule has 0 aliphatic heterocycles. The number of methoxy groups -OCH3 is 1. The van der Waals surface area contributed by atoms with Crippen LogP contribution in [0.2, 0.25) is 0 Å². The Kier molecular flexibility index (Phi) is 3.47. The van der Waals surface area contributed by atoms with E-state index in [1.54, 1.807) is 12.1 Å². The van der Waals surface area contributed by atoms with Gasteiger partial charge in [-0.05, 0) is 24.1 Å². The summed E-state index contributed by atoms with van der Waals surface area (Å²) in [6, 6.07) is 6.75. The Morgan fingerprint density at radius 1 is 1.57 bits per heavy atom. The molecule has 3 heteroatoms. The van der Waals surface area contributed by atoms with Crippen molar-refractivity contribution in [1.29, 1.82) is 5.26 Å². The standard InChI is InChI=1S/C11H12FNO/c1-3-8(7-13)9-4-5-11(14-2)10(12)6-9/h4-6,8H,3H2,1-2H3. The number of rotatable bonds is 3. The van der Waals surface area contributed by atoms with Crippen molar-refractivity contribution in [3.05, 3.63) is 29.6 Å². The Morgan fingerprint density at radius 3 is 2.71 bits per heavy atom. The minimum Gasteiger partial charge on any atom is -0.494 e. The van der Waals surface area contributed by atoms with Crippen LogP contribution in [0.4, 0.5) is 4.39 Å². The molecular formula is C11H12FNO. The zero-order valence-corrected chi connectivity index (χ0v) is 8.25. The van der Waals surface area contributed by atoms with E-state index < -0.39 is 5.82 Å². The number of halogens is 1. The predicted octanol–water partition coefficient (Wildman–Crippen LogP) is 2.85. The first-order chi connectivity index (χ1) is 6.72. The van der Waals surface area contributed by atoms with Crippen molar-refractivity contribution in [2.45, 2.75) is 19.3 Å². The van der Waals surface area contributed by atoms with Crippen LogP contribution >= 0.6 is 0 Å². The molecule has 0 fully saturated rings. The summed E-state index contributed by atoms with van der Waals surface area (Å²) in [6.07, 6.45) is 0.683. The van der Waals surface area contributed by atoms with Crippen LogP contribution in [0.15, 0.2) is 18.2 Å². The van der Waals surface area contributed by atoms with Crippen LogP contribution in [0, 0.1) is 17.1 Å². The van der Waals surface area contributed by atoms with E-state index in [4.69, 9.17) is 10.00 Å². The van der Waals surface area contributed by atoms with Crippen molar-refractivity contribution in [3.63, 3.8) is 0 Å². The maximum Gasteiger partial charge on any atom is 0.165 e. The van der Waals surface area contributed by atoms with Gasteiger partial charge in [-0.15, -0.1) is 0 Å². The van der Waals surface area contributed by atoms with Gasteiger partial charge in [0, 0.05) is 0 Å². The van der Waals surface area contributed by atoms with Crippen LogP contribution in [0.5, 0.6) is 5.75 Å². The molecule has 1 unspecified atom stereocenters. The largest absolute Gasteiger partial charge is 0.494 e. The Bertz CT molecular complexity index is 357. The maximum absolute atomic E-state index is 13.2. The predicted molar refractivity (Wildman–Crippen MR) is 51.6 cm³/mol. The molecule has 0 bridgehead atoms. The average molecular weight is 193 g/mol. The summed E-state index contributed by atoms with van der Waals surface area (Å²) in [5.74, 6) is -0.448. The quantitative estimate of drug-likeness (QED) is 0.739. The summed E-state index contributed by atoms with van der Waals surface area (Å²) in [6.45, 7) is 1.90. The number of ether oxygens (including phenoxy) is 1. The minimum atomic E-state index is -0.418. The molecule has 0 aromatic heterocycles. The molecule has 1 atom stereocenters. The van der Waals surface area contributed by atoms with Gasteiger partial charge in [-0.3, -0.25) is 0 Å². The van der Waals surface area contributed by atoms with Crippen molar-refractivity contribution in [2.24, 2.45) is 0 Å². The summed E-state index contributed by atoms with van der Waals surface area (Å²) < 4.78 is 18.0. The van der Waals surface area contributed by atoms with E-state index in [9.17, 15) is 4.39 Å². The average Bonchev–Trinajstić information content (AvgIpc) is 2.20. The van der Waals surface area contributed by atoms with Gasteiger partial charge in [0.1, 0.15) is 0 Å². The Labute approximate surface area is 82.9 Å². The Balaban J connectivity index is 3.03. The molecule has 0 amide bonds. The van der Waals surface area contributed by atoms with Gasteiger partial charge in [0.2, 0.25) is 0 Å². The lowest BCUT2D eigenvalue weighted by molar-refractivity contribution is 0.386. The fraction of sp³-hybridized carbons (Fsp3) is 0.364. The fourth-order valence-corrected chi connectivity index (χ4v) is 1.30. The Hall–Kier alpha value is -1.56. The van der Waals surface area contributed by atoms with E-state index in [-0.39, 0.29) is 11.7 Å². The lowest BCUT2D eigenvalue weighted by Crippen LogP contribution is -1.96. The summed E-state index contributed by atoms with van der Waals surface area (Å²) in [5.41, 5.74) is 0.702. The monoisotopic (exact) mass is 193 g/mol. The van der Waals surface area contributed by atoms with Crippen molar-refractivity contribution >= 4 is 0 Å². The highest BCUT2D eigenvalue weighted by Gasteiger charge is 2.10. The van der Waals surface area contributed by atoms with Gasteiger partial charge in [-0.1, -0.05) is 13.0 Å². The second kappa shape index (κ2) is 4.61. The molecule has 14 heavy (non-hydrogen) atoms. The number of nitrogens with zero attached hydrogens (tertiary/aromatic N) is 1. The van der Waals surface area contributed by atoms with Crippen LogP contribution in [0.25, 0.3) is 0 Å². The van der Waals surface area contributed by atoms with Crippen LogP contribution < -0.4 is 4.74 Å². The lowest BCUT2D eigenvalue weighted by atomic mass is 9.98. The highest BCUT2D eigenvalue weighted by molar-refractivity contribution is 5.33. The first-order valence-corrected chi connectivity index (χ1v) is 4.46. The number of hydrogen-bond acceptors (Lipinski definition) is 2. The zero-order valence-electron chi connectivity index (χ0n) is 8.25. The molecule has 0 radical (unpaired) electrons. The molecule has 2 nitrogen and oxygen atoms in total. The van der Waals surface area contributed by atoms with Gasteiger partial charge >= 0.3 is 0 Å². The van der Waals surface area contributed by atoms with Crippen LogP contribution in [0.1, 0.15) is 24.8 Å². The highest BCUT2D eigenvalue weighted by Crippen LogP contribution is 2.24. The molecule has 0 spiro atoms. The zero-order chi connectivity index (χ0) is 10.6. The van der Waals surface area contributed by atoms with Gasteiger partial charge in [-0.25, -0.2) is 4.39 Å². The van der Waals surface area contributed by atoms with Crippen LogP contribution in [-0.4, -0.2) is 7.11 Å². The van der Waals surface area contributed by atoms with Crippen molar-refractivity contribution < 1.29 is 9.13 Å². The van der Waals surface area contributed by atoms with Gasteiger partial charge in [0.15, 0.2) is 11.6 Å². The summed E-state index contributed by atoms with van der Waals surface area (Å²) in [7, 11) is 1.42. The molecule has 0 N–H and O–H groups in total. The lowest BCUT2D eigenvalue weighted by Gasteiger charge is -2.08. The smallest absolute Gasteiger partial charge is 0.165 e. The molecule has 1 aromatic carbocycles. The molecule has 1 rings (SSSR count). The van der Waals surface area contributed by atoms with E-state index in [1.165, 1.54) is 13.2 Å². The molecule has 0 saturated carbocycles. The summed E-state index contributed by atoms with van der Waals surface area (Å²) >= 11 is 0. The Morgan fingerprint density at radius 2 is 2.29 bits per heavy atom. The van der Waals surface area contributed by atoms with Crippen LogP contribution in [0.3, 0.4) is 0 Å². The van der Waals surface area contributed by atoms with Crippen molar-refractivity contribution in [1.82, 2.24) is 0 Å². The number of nitriles is 1. The molecule has 0 aliphatic carbocycles. The third kappa shape index (κ3) is 2.02. The minimum absolute atomic E-state index is 0.210. The van der Waals surface area contributed by atoms with Gasteiger partial charge in [-0.2, -0.15) is 5.26 Å². The normalized spacial score (nSPS) is 11.9. The fourth-order valence-electron chi connectivity index (χ4n) is 1.30. The van der Waals surface area contributed by atoms with E-state index in [0.717, 1.165) is 0 Å². The molecule has 0 saturated heterocycles. The van der Waals surface area contributed by atoms with E-state index in [2.05, 4.69) is 6.07 Å². The van der Waals surface area contributed by atoms with E-state index in [0.29, 0.717) is 12.0 Å². The van der Waals surface area contributed by atoms with Crippen LogP contribution in [-0.2, 0) is 0 Å². The first kappa shape index (κ1) is 10.5. The van der Waals surface area contributed by atoms with Crippen molar-refractivity contribution in [3.8, 4) is 11.8 Å². The van der Waals surface area contributed by atoms with Gasteiger partial charge in [0.05, 0.1) is 19.1 Å². The third-order valence-corrected chi connectivity index (χ3v) is 2.14. The SMILES string of the molecule is CCC(C#N)c1ccc(OC)c(F)c1. The van der Waals surface area contributed by atoms with Gasteiger partial charge in [0.25, 0.3) is 0 Å². The maximum atomic E-state index is 13.2. The molecule has 1 aromatic rings. The summed E-state index contributed by atoms with van der Waals surface area (Å²) in [4.78, 5) is 0. The molecular weight excluding hydrogens is 181 g/mol. The number of hydrogen-bond donors (Lipinski definition) is 0. The number of benzene rings is 1. The molecule has 0 aliphatic rings. The third-order valence-electron chi connectivity index (χ3n) is 2.14. The summed E-state index contributed by atoms with van der Waals surface area (Å²) in [5, 5.41) is 8.79. The molecule has 0 heterocycles. The molecule has 74 valence electrons. The topological polar surface area (TPSA) is 33.0 Å². The van der Waals surface area contributed by atoms with E-state index >= 15 is 0 Å². The second-order valence-corrected chi connectivity index (χ2v) is 2.98. The first-order valence-electron chi connectivity index (χ1n) is 4.46. The van der Waals surface area contributed by atoms with Gasteiger partial charge < -0.3 is 4.74 Å². The highest BCUT2D eigenvalue weighted by atomic mass is 19.1.